The Morgan fingerprint density at radius 1 is 1.12 bits per heavy atom. The average molecular weight is 361 g/mol. The molecule has 0 spiro atoms. The number of thioether (sulfide) groups is 1. The fourth-order valence-electron chi connectivity index (χ4n) is 2.77. The van der Waals surface area contributed by atoms with Crippen molar-refractivity contribution in [1.29, 1.82) is 0 Å². The van der Waals surface area contributed by atoms with E-state index in [4.69, 9.17) is 0 Å². The molecule has 0 unspecified atom stereocenters. The van der Waals surface area contributed by atoms with Gasteiger partial charge in [-0.3, -0.25) is 9.59 Å². The van der Waals surface area contributed by atoms with Crippen LogP contribution in [0, 0.1) is 0 Å². The molecule has 136 valence electrons. The molecule has 5 heteroatoms. The molecule has 1 heterocycles. The van der Waals surface area contributed by atoms with Crippen molar-refractivity contribution in [3.63, 3.8) is 0 Å². The summed E-state index contributed by atoms with van der Waals surface area (Å²) in [4.78, 5) is 28.9. The van der Waals surface area contributed by atoms with Crippen LogP contribution in [0.25, 0.3) is 5.70 Å². The molecule has 1 aromatic rings. The largest absolute Gasteiger partial charge is 0.341 e. The molecule has 0 saturated heterocycles. The van der Waals surface area contributed by atoms with Gasteiger partial charge in [0.05, 0.1) is 11.4 Å². The minimum atomic E-state index is 0.00522. The van der Waals surface area contributed by atoms with E-state index in [0.717, 1.165) is 50.0 Å². The van der Waals surface area contributed by atoms with E-state index in [2.05, 4.69) is 13.8 Å². The van der Waals surface area contributed by atoms with Crippen molar-refractivity contribution in [1.82, 2.24) is 9.80 Å². The first-order valence-corrected chi connectivity index (χ1v) is 10.2. The van der Waals surface area contributed by atoms with Gasteiger partial charge in [-0.2, -0.15) is 0 Å². The molecule has 2 amide bonds. The molecule has 0 saturated carbocycles. The minimum Gasteiger partial charge on any atom is -0.341 e. The van der Waals surface area contributed by atoms with E-state index in [9.17, 15) is 9.59 Å². The number of carbonyl (C=O) groups excluding carboxylic acids is 2. The molecular weight excluding hydrogens is 332 g/mol. The Kier molecular flexibility index (Phi) is 8.06. The van der Waals surface area contributed by atoms with E-state index < -0.39 is 0 Å². The molecule has 0 atom stereocenters. The van der Waals surface area contributed by atoms with Crippen molar-refractivity contribution in [2.24, 2.45) is 0 Å². The number of hydrogen-bond acceptors (Lipinski definition) is 3. The predicted molar refractivity (Wildman–Crippen MR) is 105 cm³/mol. The highest BCUT2D eigenvalue weighted by atomic mass is 32.2. The Bertz CT molecular complexity index is 593. The lowest BCUT2D eigenvalue weighted by Crippen LogP contribution is -2.44. The summed E-state index contributed by atoms with van der Waals surface area (Å²) in [7, 11) is 0. The van der Waals surface area contributed by atoms with Gasteiger partial charge in [-0.05, 0) is 23.8 Å². The van der Waals surface area contributed by atoms with Crippen LogP contribution in [0.2, 0.25) is 0 Å². The molecule has 1 aliphatic heterocycles. The fraction of sp³-hybridized carbons (Fsp3) is 0.500. The Morgan fingerprint density at radius 3 is 2.36 bits per heavy atom. The van der Waals surface area contributed by atoms with Crippen LogP contribution in [0.4, 0.5) is 0 Å². The van der Waals surface area contributed by atoms with E-state index in [1.165, 1.54) is 11.8 Å². The van der Waals surface area contributed by atoms with Gasteiger partial charge >= 0.3 is 0 Å². The molecule has 0 aliphatic carbocycles. The van der Waals surface area contributed by atoms with Crippen molar-refractivity contribution in [2.45, 2.75) is 39.5 Å². The molecule has 0 radical (unpaired) electrons. The van der Waals surface area contributed by atoms with Gasteiger partial charge < -0.3 is 9.80 Å². The zero-order chi connectivity index (χ0) is 18.1. The first-order chi connectivity index (χ1) is 12.2. The van der Waals surface area contributed by atoms with Crippen LogP contribution in [-0.4, -0.2) is 47.0 Å². The second kappa shape index (κ2) is 10.3. The monoisotopic (exact) mass is 360 g/mol. The summed E-state index contributed by atoms with van der Waals surface area (Å²) in [6.07, 6.45) is 4.12. The lowest BCUT2D eigenvalue weighted by Gasteiger charge is -2.31. The van der Waals surface area contributed by atoms with Crippen molar-refractivity contribution in [3.05, 3.63) is 41.3 Å². The number of hydrogen-bond donors (Lipinski definition) is 0. The maximum Gasteiger partial charge on any atom is 0.242 e. The first-order valence-electron chi connectivity index (χ1n) is 9.12. The van der Waals surface area contributed by atoms with Crippen molar-refractivity contribution < 1.29 is 9.59 Å². The van der Waals surface area contributed by atoms with Gasteiger partial charge in [0.2, 0.25) is 11.8 Å². The van der Waals surface area contributed by atoms with Gasteiger partial charge in [0.1, 0.15) is 6.54 Å². The lowest BCUT2D eigenvalue weighted by atomic mass is 10.1. The Balaban J connectivity index is 2.13. The van der Waals surface area contributed by atoms with Gasteiger partial charge in [0.15, 0.2) is 0 Å². The van der Waals surface area contributed by atoms with Gasteiger partial charge in [-0.25, -0.2) is 0 Å². The van der Waals surface area contributed by atoms with Gasteiger partial charge in [0, 0.05) is 13.1 Å². The van der Waals surface area contributed by atoms with Crippen LogP contribution < -0.4 is 0 Å². The summed E-state index contributed by atoms with van der Waals surface area (Å²) < 4.78 is 0. The third-order valence-corrected chi connectivity index (χ3v) is 5.08. The summed E-state index contributed by atoms with van der Waals surface area (Å²) in [5.41, 5.74) is 1.81. The first kappa shape index (κ1) is 19.6. The Morgan fingerprint density at radius 2 is 1.76 bits per heavy atom. The van der Waals surface area contributed by atoms with Crippen molar-refractivity contribution >= 4 is 29.3 Å². The average Bonchev–Trinajstić information content (AvgIpc) is 2.64. The number of carbonyl (C=O) groups is 2. The number of rotatable bonds is 9. The van der Waals surface area contributed by atoms with Crippen LogP contribution in [0.3, 0.4) is 0 Å². The molecule has 0 fully saturated rings. The molecule has 4 nitrogen and oxygen atoms in total. The molecule has 25 heavy (non-hydrogen) atoms. The Labute approximate surface area is 155 Å². The highest BCUT2D eigenvalue weighted by Gasteiger charge is 2.27. The topological polar surface area (TPSA) is 40.6 Å². The van der Waals surface area contributed by atoms with Crippen LogP contribution in [0.15, 0.2) is 35.7 Å². The second-order valence-corrected chi connectivity index (χ2v) is 7.11. The van der Waals surface area contributed by atoms with E-state index in [0.29, 0.717) is 5.75 Å². The number of nitrogens with zero attached hydrogens (tertiary/aromatic N) is 2. The maximum atomic E-state index is 12.8. The zero-order valence-electron chi connectivity index (χ0n) is 15.2. The van der Waals surface area contributed by atoms with E-state index in [-0.39, 0.29) is 18.4 Å². The summed E-state index contributed by atoms with van der Waals surface area (Å²) in [5, 5.41) is 1.99. The number of unbranched alkanes of at least 4 members (excludes halogenated alkanes) is 2. The highest BCUT2D eigenvalue weighted by molar-refractivity contribution is 8.03. The highest BCUT2D eigenvalue weighted by Crippen LogP contribution is 2.28. The van der Waals surface area contributed by atoms with Gasteiger partial charge in [-0.1, -0.05) is 57.0 Å². The smallest absolute Gasteiger partial charge is 0.242 e. The Hall–Kier alpha value is -1.75. The third-order valence-electron chi connectivity index (χ3n) is 4.27. The summed E-state index contributed by atoms with van der Waals surface area (Å²) in [6.45, 7) is 5.94. The normalized spacial score (nSPS) is 14.4. The van der Waals surface area contributed by atoms with E-state index in [1.54, 1.807) is 4.90 Å². The molecule has 0 N–H and O–H groups in total. The number of benzene rings is 1. The molecule has 2 rings (SSSR count). The quantitative estimate of drug-likeness (QED) is 0.668. The van der Waals surface area contributed by atoms with E-state index >= 15 is 0 Å². The minimum absolute atomic E-state index is 0.00522. The molecule has 0 bridgehead atoms. The fourth-order valence-corrected chi connectivity index (χ4v) is 3.57. The zero-order valence-corrected chi connectivity index (χ0v) is 16.1. The molecule has 1 aromatic carbocycles. The van der Waals surface area contributed by atoms with Gasteiger partial charge in [-0.15, -0.1) is 11.8 Å². The summed E-state index contributed by atoms with van der Waals surface area (Å²) >= 11 is 1.49. The lowest BCUT2D eigenvalue weighted by molar-refractivity contribution is -0.137. The summed E-state index contributed by atoms with van der Waals surface area (Å²) in [5.74, 6) is 0.447. The van der Waals surface area contributed by atoms with Crippen molar-refractivity contribution in [3.8, 4) is 0 Å². The third kappa shape index (κ3) is 5.63. The second-order valence-electron chi connectivity index (χ2n) is 6.25. The standard InChI is InChI=1S/C20H28N2O2S/c1-3-5-12-21(13-6-4-2)19(23)14-22-18(15-25-16-20(22)24)17-10-8-7-9-11-17/h7-11,15H,3-6,12-14,16H2,1-2H3. The van der Waals surface area contributed by atoms with E-state index in [1.807, 2.05) is 40.6 Å². The number of amides is 2. The SMILES string of the molecule is CCCCN(CCCC)C(=O)CN1C(=O)CSC=C1c1ccccc1. The molecular formula is C20H28N2O2S. The summed E-state index contributed by atoms with van der Waals surface area (Å²) in [6, 6.07) is 9.82. The van der Waals surface area contributed by atoms with Crippen LogP contribution >= 0.6 is 11.8 Å². The molecule has 0 aromatic heterocycles. The maximum absolute atomic E-state index is 12.8. The van der Waals surface area contributed by atoms with Crippen LogP contribution in [0.5, 0.6) is 0 Å². The van der Waals surface area contributed by atoms with Crippen LogP contribution in [-0.2, 0) is 9.59 Å². The predicted octanol–water partition coefficient (Wildman–Crippen LogP) is 3.99. The van der Waals surface area contributed by atoms with Crippen molar-refractivity contribution in [2.75, 3.05) is 25.4 Å². The van der Waals surface area contributed by atoms with Gasteiger partial charge in [0.25, 0.3) is 0 Å². The van der Waals surface area contributed by atoms with Crippen LogP contribution in [0.1, 0.15) is 45.1 Å². The molecule has 1 aliphatic rings.